The van der Waals surface area contributed by atoms with Gasteiger partial charge in [0, 0.05) is 18.9 Å². The quantitative estimate of drug-likeness (QED) is 0.783. The van der Waals surface area contributed by atoms with Crippen molar-refractivity contribution in [2.24, 2.45) is 0 Å². The van der Waals surface area contributed by atoms with Crippen molar-refractivity contribution >= 4 is 5.91 Å². The fraction of sp³-hybridized carbons (Fsp3) is 0.100. The van der Waals surface area contributed by atoms with E-state index in [-0.39, 0.29) is 11.8 Å². The Hall–Kier alpha value is -2.94. The standard InChI is InChI=1S/C20H18N2O/c23-20(22-15-16-8-7-13-21-14-16)19(17-9-3-1-4-10-17)18-11-5-2-6-12-18/h1-14,19H,15H2,(H,22,23). The fourth-order valence-corrected chi connectivity index (χ4v) is 2.58. The third-order valence-electron chi connectivity index (χ3n) is 3.72. The van der Waals surface area contributed by atoms with Crippen LogP contribution in [0.4, 0.5) is 0 Å². The molecule has 0 fully saturated rings. The summed E-state index contributed by atoms with van der Waals surface area (Å²) in [5, 5.41) is 3.02. The molecule has 0 bridgehead atoms. The molecule has 3 nitrogen and oxygen atoms in total. The van der Waals surface area contributed by atoms with Gasteiger partial charge in [-0.15, -0.1) is 0 Å². The number of hydrogen-bond acceptors (Lipinski definition) is 2. The molecule has 0 atom stereocenters. The second kappa shape index (κ2) is 7.36. The van der Waals surface area contributed by atoms with Crippen LogP contribution in [0.15, 0.2) is 85.2 Å². The highest BCUT2D eigenvalue weighted by Gasteiger charge is 2.22. The molecular weight excluding hydrogens is 284 g/mol. The monoisotopic (exact) mass is 302 g/mol. The molecule has 3 heteroatoms. The van der Waals surface area contributed by atoms with Crippen LogP contribution in [-0.4, -0.2) is 10.9 Å². The van der Waals surface area contributed by atoms with Crippen molar-refractivity contribution in [3.8, 4) is 0 Å². The minimum atomic E-state index is -0.311. The molecule has 0 aliphatic carbocycles. The summed E-state index contributed by atoms with van der Waals surface area (Å²) in [6.45, 7) is 0.475. The lowest BCUT2D eigenvalue weighted by Gasteiger charge is -2.18. The minimum Gasteiger partial charge on any atom is -0.351 e. The molecule has 0 saturated carbocycles. The van der Waals surface area contributed by atoms with Gasteiger partial charge in [0.25, 0.3) is 0 Å². The topological polar surface area (TPSA) is 42.0 Å². The summed E-state index contributed by atoms with van der Waals surface area (Å²) in [6, 6.07) is 23.5. The van der Waals surface area contributed by atoms with Crippen molar-refractivity contribution in [1.29, 1.82) is 0 Å². The van der Waals surface area contributed by atoms with Crippen LogP contribution in [0, 0.1) is 0 Å². The van der Waals surface area contributed by atoms with Gasteiger partial charge in [0.2, 0.25) is 5.91 Å². The first-order chi connectivity index (χ1) is 11.3. The Balaban J connectivity index is 1.82. The van der Waals surface area contributed by atoms with E-state index >= 15 is 0 Å². The lowest BCUT2D eigenvalue weighted by atomic mass is 9.90. The zero-order chi connectivity index (χ0) is 15.9. The normalized spacial score (nSPS) is 10.5. The summed E-state index contributed by atoms with van der Waals surface area (Å²) in [4.78, 5) is 16.9. The molecule has 1 N–H and O–H groups in total. The molecule has 3 aromatic rings. The molecule has 2 aromatic carbocycles. The SMILES string of the molecule is O=C(NCc1cccnc1)C(c1ccccc1)c1ccccc1. The van der Waals surface area contributed by atoms with Gasteiger partial charge in [-0.25, -0.2) is 0 Å². The molecule has 0 radical (unpaired) electrons. The number of pyridine rings is 1. The first-order valence-corrected chi connectivity index (χ1v) is 7.61. The third-order valence-corrected chi connectivity index (χ3v) is 3.72. The maximum Gasteiger partial charge on any atom is 0.232 e. The Morgan fingerprint density at radius 2 is 1.48 bits per heavy atom. The van der Waals surface area contributed by atoms with Gasteiger partial charge in [0.1, 0.15) is 0 Å². The molecule has 23 heavy (non-hydrogen) atoms. The summed E-state index contributed by atoms with van der Waals surface area (Å²) in [6.07, 6.45) is 3.49. The van der Waals surface area contributed by atoms with E-state index in [1.807, 2.05) is 72.8 Å². The van der Waals surface area contributed by atoms with E-state index in [2.05, 4.69) is 10.3 Å². The lowest BCUT2D eigenvalue weighted by molar-refractivity contribution is -0.121. The van der Waals surface area contributed by atoms with Gasteiger partial charge in [0.15, 0.2) is 0 Å². The molecule has 0 spiro atoms. The van der Waals surface area contributed by atoms with E-state index in [1.54, 1.807) is 12.4 Å². The summed E-state index contributed by atoms with van der Waals surface area (Å²) < 4.78 is 0. The van der Waals surface area contributed by atoms with Gasteiger partial charge in [-0.05, 0) is 22.8 Å². The summed E-state index contributed by atoms with van der Waals surface area (Å²) in [5.41, 5.74) is 2.96. The van der Waals surface area contributed by atoms with Crippen molar-refractivity contribution in [3.05, 3.63) is 102 Å². The van der Waals surface area contributed by atoms with Gasteiger partial charge < -0.3 is 5.32 Å². The van der Waals surface area contributed by atoms with Crippen molar-refractivity contribution in [1.82, 2.24) is 10.3 Å². The Kier molecular flexibility index (Phi) is 4.79. The highest BCUT2D eigenvalue weighted by atomic mass is 16.1. The number of nitrogens with one attached hydrogen (secondary N) is 1. The number of hydrogen-bond donors (Lipinski definition) is 1. The first kappa shape index (κ1) is 15.0. The second-order valence-corrected chi connectivity index (χ2v) is 5.33. The Morgan fingerprint density at radius 3 is 2.00 bits per heavy atom. The van der Waals surface area contributed by atoms with Crippen LogP contribution in [0.3, 0.4) is 0 Å². The Labute approximate surface area is 136 Å². The average molecular weight is 302 g/mol. The average Bonchev–Trinajstić information content (AvgIpc) is 2.63. The van der Waals surface area contributed by atoms with E-state index < -0.39 is 0 Å². The van der Waals surface area contributed by atoms with Crippen LogP contribution in [0.1, 0.15) is 22.6 Å². The highest BCUT2D eigenvalue weighted by molar-refractivity contribution is 5.87. The van der Waals surface area contributed by atoms with Gasteiger partial charge in [-0.1, -0.05) is 66.7 Å². The minimum absolute atomic E-state index is 0.00810. The predicted octanol–water partition coefficient (Wildman–Crippen LogP) is 3.53. The predicted molar refractivity (Wildman–Crippen MR) is 90.8 cm³/mol. The van der Waals surface area contributed by atoms with Crippen molar-refractivity contribution < 1.29 is 4.79 Å². The lowest BCUT2D eigenvalue weighted by Crippen LogP contribution is -2.29. The van der Waals surface area contributed by atoms with Crippen LogP contribution < -0.4 is 5.32 Å². The maximum atomic E-state index is 12.8. The van der Waals surface area contributed by atoms with Crippen molar-refractivity contribution in [3.63, 3.8) is 0 Å². The maximum absolute atomic E-state index is 12.8. The van der Waals surface area contributed by atoms with E-state index in [0.717, 1.165) is 16.7 Å². The highest BCUT2D eigenvalue weighted by Crippen LogP contribution is 2.24. The molecule has 0 saturated heterocycles. The van der Waals surface area contributed by atoms with Crippen molar-refractivity contribution in [2.75, 3.05) is 0 Å². The van der Waals surface area contributed by atoms with Gasteiger partial charge in [-0.3, -0.25) is 9.78 Å². The number of nitrogens with zero attached hydrogens (tertiary/aromatic N) is 1. The first-order valence-electron chi connectivity index (χ1n) is 7.61. The number of amides is 1. The molecule has 0 aliphatic rings. The van der Waals surface area contributed by atoms with E-state index in [1.165, 1.54) is 0 Å². The molecule has 0 unspecified atom stereocenters. The molecule has 3 rings (SSSR count). The third kappa shape index (κ3) is 3.83. The van der Waals surface area contributed by atoms with Gasteiger partial charge in [0.05, 0.1) is 5.92 Å². The zero-order valence-corrected chi connectivity index (χ0v) is 12.7. The number of rotatable bonds is 5. The van der Waals surface area contributed by atoms with Crippen LogP contribution in [0.2, 0.25) is 0 Å². The molecule has 1 aromatic heterocycles. The number of carbonyl (C=O) groups excluding carboxylic acids is 1. The van der Waals surface area contributed by atoms with Gasteiger partial charge >= 0.3 is 0 Å². The van der Waals surface area contributed by atoms with Crippen LogP contribution in [-0.2, 0) is 11.3 Å². The number of aromatic nitrogens is 1. The molecule has 114 valence electrons. The summed E-state index contributed by atoms with van der Waals surface area (Å²) in [5.74, 6) is -0.319. The molecular formula is C20H18N2O. The van der Waals surface area contributed by atoms with Crippen molar-refractivity contribution in [2.45, 2.75) is 12.5 Å². The van der Waals surface area contributed by atoms with E-state index in [4.69, 9.17) is 0 Å². The van der Waals surface area contributed by atoms with E-state index in [0.29, 0.717) is 6.54 Å². The number of benzene rings is 2. The van der Waals surface area contributed by atoms with E-state index in [9.17, 15) is 4.79 Å². The van der Waals surface area contributed by atoms with Crippen LogP contribution >= 0.6 is 0 Å². The Bertz CT molecular complexity index is 703. The second-order valence-electron chi connectivity index (χ2n) is 5.33. The Morgan fingerprint density at radius 1 is 0.870 bits per heavy atom. The van der Waals surface area contributed by atoms with Crippen LogP contribution in [0.5, 0.6) is 0 Å². The smallest absolute Gasteiger partial charge is 0.232 e. The van der Waals surface area contributed by atoms with Gasteiger partial charge in [-0.2, -0.15) is 0 Å². The fourth-order valence-electron chi connectivity index (χ4n) is 2.58. The van der Waals surface area contributed by atoms with Crippen LogP contribution in [0.25, 0.3) is 0 Å². The molecule has 1 heterocycles. The zero-order valence-electron chi connectivity index (χ0n) is 12.7. The number of carbonyl (C=O) groups is 1. The summed E-state index contributed by atoms with van der Waals surface area (Å²) >= 11 is 0. The largest absolute Gasteiger partial charge is 0.351 e. The molecule has 0 aliphatic heterocycles. The molecule has 1 amide bonds. The summed E-state index contributed by atoms with van der Waals surface area (Å²) in [7, 11) is 0.